The molecule has 20 heavy (non-hydrogen) atoms. The normalized spacial score (nSPS) is 21.6. The zero-order chi connectivity index (χ0) is 15.7. The van der Waals surface area contributed by atoms with Crippen LogP contribution in [-0.2, 0) is 14.4 Å². The number of hydrogen-bond donors (Lipinski definition) is 2. The van der Waals surface area contributed by atoms with Crippen LogP contribution < -0.4 is 10.6 Å². The Hall–Kier alpha value is -1.43. The van der Waals surface area contributed by atoms with Gasteiger partial charge in [0.15, 0.2) is 0 Å². The molecule has 2 unspecified atom stereocenters. The van der Waals surface area contributed by atoms with E-state index >= 15 is 0 Å². The molecule has 0 aromatic rings. The molecule has 2 atom stereocenters. The number of likely N-dealkylation sites (tertiary alicyclic amines) is 1. The number of rotatable bonds is 4. The van der Waals surface area contributed by atoms with Gasteiger partial charge in [0, 0.05) is 11.6 Å². The fraction of sp³-hybridized carbons (Fsp3) is 0.786. The van der Waals surface area contributed by atoms with Crippen LogP contribution in [0.15, 0.2) is 0 Å². The molecule has 1 heterocycles. The lowest BCUT2D eigenvalue weighted by atomic mass is 10.1. The van der Waals surface area contributed by atoms with Crippen molar-refractivity contribution in [2.75, 3.05) is 0 Å². The molecule has 0 saturated carbocycles. The van der Waals surface area contributed by atoms with Gasteiger partial charge in [0.25, 0.3) is 0 Å². The fourth-order valence-electron chi connectivity index (χ4n) is 2.18. The quantitative estimate of drug-likeness (QED) is 0.733. The first-order chi connectivity index (χ1) is 9.03. The van der Waals surface area contributed by atoms with Gasteiger partial charge in [-0.1, -0.05) is 0 Å². The summed E-state index contributed by atoms with van der Waals surface area (Å²) >= 11 is 0. The molecule has 6 nitrogen and oxygen atoms in total. The Bertz CT molecular complexity index is 412. The highest BCUT2D eigenvalue weighted by Gasteiger charge is 2.40. The molecule has 114 valence electrons. The summed E-state index contributed by atoms with van der Waals surface area (Å²) in [6.45, 7) is 11.0. The van der Waals surface area contributed by atoms with Crippen LogP contribution in [0.5, 0.6) is 0 Å². The van der Waals surface area contributed by atoms with Gasteiger partial charge in [-0.15, -0.1) is 0 Å². The molecule has 0 spiro atoms. The third-order valence-corrected chi connectivity index (χ3v) is 3.04. The Morgan fingerprint density at radius 2 is 1.80 bits per heavy atom. The predicted octanol–water partition coefficient (Wildman–Crippen LogP) is 0.415. The summed E-state index contributed by atoms with van der Waals surface area (Å²) in [6, 6.07) is -1.28. The topological polar surface area (TPSA) is 78.5 Å². The van der Waals surface area contributed by atoms with Crippen LogP contribution in [0, 0.1) is 0 Å². The Kier molecular flexibility index (Phi) is 4.91. The molecule has 0 bridgehead atoms. The molecule has 0 aromatic heterocycles. The van der Waals surface area contributed by atoms with Crippen molar-refractivity contribution in [2.45, 2.75) is 71.6 Å². The van der Waals surface area contributed by atoms with Crippen molar-refractivity contribution in [3.05, 3.63) is 0 Å². The highest BCUT2D eigenvalue weighted by atomic mass is 16.2. The molecular formula is C14H25N3O3. The first-order valence-corrected chi connectivity index (χ1v) is 6.97. The van der Waals surface area contributed by atoms with E-state index in [0.717, 1.165) is 0 Å². The van der Waals surface area contributed by atoms with Crippen molar-refractivity contribution in [1.82, 2.24) is 15.5 Å². The Morgan fingerprint density at radius 3 is 2.20 bits per heavy atom. The number of nitrogens with one attached hydrogen (secondary N) is 2. The van der Waals surface area contributed by atoms with Crippen molar-refractivity contribution in [1.29, 1.82) is 0 Å². The maximum Gasteiger partial charge on any atom is 0.247 e. The van der Waals surface area contributed by atoms with E-state index in [2.05, 4.69) is 10.6 Å². The van der Waals surface area contributed by atoms with Crippen LogP contribution in [0.1, 0.15) is 48.0 Å². The molecule has 1 fully saturated rings. The molecule has 1 aliphatic rings. The standard InChI is InChI=1S/C14H25N3O3/c1-8(2)17-11(18)7-10(13(17)20)15-9(3)12(19)16-14(4,5)6/h8-10,15H,7H2,1-6H3,(H,16,19). The lowest BCUT2D eigenvalue weighted by Gasteiger charge is -2.25. The van der Waals surface area contributed by atoms with E-state index in [9.17, 15) is 14.4 Å². The lowest BCUT2D eigenvalue weighted by molar-refractivity contribution is -0.140. The highest BCUT2D eigenvalue weighted by Crippen LogP contribution is 2.16. The Labute approximate surface area is 120 Å². The summed E-state index contributed by atoms with van der Waals surface area (Å²) in [7, 11) is 0. The van der Waals surface area contributed by atoms with Gasteiger partial charge >= 0.3 is 0 Å². The molecule has 3 amide bonds. The predicted molar refractivity (Wildman–Crippen MR) is 75.9 cm³/mol. The Balaban J connectivity index is 2.64. The maximum atomic E-state index is 12.1. The fourth-order valence-corrected chi connectivity index (χ4v) is 2.18. The minimum atomic E-state index is -0.606. The van der Waals surface area contributed by atoms with Gasteiger partial charge in [0.2, 0.25) is 17.7 Å². The first kappa shape index (κ1) is 16.6. The van der Waals surface area contributed by atoms with Gasteiger partial charge < -0.3 is 5.32 Å². The molecule has 0 radical (unpaired) electrons. The van der Waals surface area contributed by atoms with E-state index < -0.39 is 12.1 Å². The zero-order valence-electron chi connectivity index (χ0n) is 13.1. The lowest BCUT2D eigenvalue weighted by Crippen LogP contribution is -2.53. The monoisotopic (exact) mass is 283 g/mol. The molecular weight excluding hydrogens is 258 g/mol. The summed E-state index contributed by atoms with van der Waals surface area (Å²) in [5.74, 6) is -0.618. The van der Waals surface area contributed by atoms with Gasteiger partial charge in [0.1, 0.15) is 0 Å². The average molecular weight is 283 g/mol. The smallest absolute Gasteiger partial charge is 0.247 e. The number of imide groups is 1. The molecule has 1 aliphatic heterocycles. The third-order valence-electron chi connectivity index (χ3n) is 3.04. The second-order valence-electron chi connectivity index (χ2n) is 6.58. The van der Waals surface area contributed by atoms with Crippen molar-refractivity contribution in [3.8, 4) is 0 Å². The first-order valence-electron chi connectivity index (χ1n) is 6.97. The summed E-state index contributed by atoms with van der Waals surface area (Å²) in [4.78, 5) is 37.1. The van der Waals surface area contributed by atoms with Crippen LogP contribution >= 0.6 is 0 Å². The van der Waals surface area contributed by atoms with Crippen molar-refractivity contribution in [3.63, 3.8) is 0 Å². The molecule has 1 rings (SSSR count). The second-order valence-corrected chi connectivity index (χ2v) is 6.58. The second kappa shape index (κ2) is 5.91. The van der Waals surface area contributed by atoms with Gasteiger partial charge in [0.05, 0.1) is 18.5 Å². The summed E-state index contributed by atoms with van der Waals surface area (Å²) < 4.78 is 0. The number of carbonyl (C=O) groups is 3. The van der Waals surface area contributed by atoms with Crippen LogP contribution in [0.4, 0.5) is 0 Å². The van der Waals surface area contributed by atoms with Crippen molar-refractivity contribution >= 4 is 17.7 Å². The number of carbonyl (C=O) groups excluding carboxylic acids is 3. The minimum absolute atomic E-state index is 0.115. The highest BCUT2D eigenvalue weighted by molar-refractivity contribution is 6.06. The summed E-state index contributed by atoms with van der Waals surface area (Å²) in [5.41, 5.74) is -0.327. The largest absolute Gasteiger partial charge is 0.350 e. The van der Waals surface area contributed by atoms with E-state index in [0.29, 0.717) is 0 Å². The van der Waals surface area contributed by atoms with E-state index in [1.165, 1.54) is 4.90 Å². The minimum Gasteiger partial charge on any atom is -0.350 e. The third kappa shape index (κ3) is 4.03. The van der Waals surface area contributed by atoms with Crippen LogP contribution in [-0.4, -0.2) is 46.3 Å². The molecule has 1 saturated heterocycles. The van der Waals surface area contributed by atoms with Gasteiger partial charge in [-0.25, -0.2) is 0 Å². The van der Waals surface area contributed by atoms with Gasteiger partial charge in [-0.2, -0.15) is 0 Å². The van der Waals surface area contributed by atoms with Gasteiger partial charge in [-0.05, 0) is 41.5 Å². The number of hydrogen-bond acceptors (Lipinski definition) is 4. The number of nitrogens with zero attached hydrogens (tertiary/aromatic N) is 1. The summed E-state index contributed by atoms with van der Waals surface area (Å²) in [6.07, 6.45) is 0.115. The van der Waals surface area contributed by atoms with E-state index in [-0.39, 0.29) is 35.7 Å². The van der Waals surface area contributed by atoms with Crippen LogP contribution in [0.25, 0.3) is 0 Å². The van der Waals surface area contributed by atoms with Crippen molar-refractivity contribution in [2.24, 2.45) is 0 Å². The van der Waals surface area contributed by atoms with E-state index in [1.807, 2.05) is 20.8 Å². The van der Waals surface area contributed by atoms with Gasteiger partial charge in [-0.3, -0.25) is 24.6 Å². The maximum absolute atomic E-state index is 12.1. The summed E-state index contributed by atoms with van der Waals surface area (Å²) in [5, 5.41) is 5.78. The molecule has 2 N–H and O–H groups in total. The average Bonchev–Trinajstić information content (AvgIpc) is 2.51. The van der Waals surface area contributed by atoms with E-state index in [1.54, 1.807) is 20.8 Å². The molecule has 0 aromatic carbocycles. The van der Waals surface area contributed by atoms with Crippen LogP contribution in [0.3, 0.4) is 0 Å². The number of amides is 3. The molecule has 6 heteroatoms. The van der Waals surface area contributed by atoms with Crippen LogP contribution in [0.2, 0.25) is 0 Å². The SMILES string of the molecule is CC(NC1CC(=O)N(C(C)C)C1=O)C(=O)NC(C)(C)C. The molecule has 0 aliphatic carbocycles. The zero-order valence-corrected chi connectivity index (χ0v) is 13.1. The van der Waals surface area contributed by atoms with E-state index in [4.69, 9.17) is 0 Å². The Morgan fingerprint density at radius 1 is 1.25 bits per heavy atom. The van der Waals surface area contributed by atoms with Crippen molar-refractivity contribution < 1.29 is 14.4 Å².